The molecule has 1 unspecified atom stereocenters. The third kappa shape index (κ3) is 4.15. The third-order valence-electron chi connectivity index (χ3n) is 5.48. The molecule has 1 aliphatic rings. The molecular weight excluding hydrogens is 404 g/mol. The highest BCUT2D eigenvalue weighted by Crippen LogP contribution is 2.38. The number of anilines is 1. The summed E-state index contributed by atoms with van der Waals surface area (Å²) in [7, 11) is -3.55. The number of sulfonamides is 1. The van der Waals surface area contributed by atoms with Crippen LogP contribution in [0.15, 0.2) is 47.5 Å². The summed E-state index contributed by atoms with van der Waals surface area (Å²) in [6.45, 7) is 4.85. The molecule has 0 aliphatic carbocycles. The maximum Gasteiger partial charge on any atom is 0.242 e. The SMILES string of the molecule is CCC(CC)NS(=O)(=O)c1ccc(N2CCCC2c2nc3ccccc3s2)nc1. The zero-order valence-electron chi connectivity index (χ0n) is 16.7. The molecule has 1 aromatic carbocycles. The molecule has 2 aromatic heterocycles. The van der Waals surface area contributed by atoms with E-state index in [0.29, 0.717) is 0 Å². The predicted molar refractivity (Wildman–Crippen MR) is 118 cm³/mol. The normalized spacial score (nSPS) is 17.5. The number of nitrogens with zero attached hydrogens (tertiary/aromatic N) is 3. The van der Waals surface area contributed by atoms with E-state index >= 15 is 0 Å². The highest BCUT2D eigenvalue weighted by Gasteiger charge is 2.30. The van der Waals surface area contributed by atoms with Crippen molar-refractivity contribution in [3.05, 3.63) is 47.6 Å². The number of hydrogen-bond acceptors (Lipinski definition) is 6. The third-order valence-corrected chi connectivity index (χ3v) is 8.12. The fourth-order valence-corrected chi connectivity index (χ4v) is 6.24. The van der Waals surface area contributed by atoms with Gasteiger partial charge in [-0.25, -0.2) is 23.1 Å². The van der Waals surface area contributed by atoms with E-state index in [4.69, 9.17) is 4.98 Å². The second-order valence-corrected chi connectivity index (χ2v) is 10.1. The Kier molecular flexibility index (Phi) is 5.85. The van der Waals surface area contributed by atoms with Gasteiger partial charge >= 0.3 is 0 Å². The number of nitrogens with one attached hydrogen (secondary N) is 1. The molecule has 8 heteroatoms. The first-order chi connectivity index (χ1) is 14.0. The van der Waals surface area contributed by atoms with E-state index in [2.05, 4.69) is 20.7 Å². The average molecular weight is 431 g/mol. The summed E-state index contributed by atoms with van der Waals surface area (Å²) < 4.78 is 29.2. The van der Waals surface area contributed by atoms with Crippen molar-refractivity contribution in [2.24, 2.45) is 0 Å². The van der Waals surface area contributed by atoms with Crippen molar-refractivity contribution in [3.8, 4) is 0 Å². The lowest BCUT2D eigenvalue weighted by molar-refractivity contribution is 0.530. The molecule has 1 fully saturated rings. The monoisotopic (exact) mass is 430 g/mol. The lowest BCUT2D eigenvalue weighted by atomic mass is 10.2. The van der Waals surface area contributed by atoms with Crippen LogP contribution in [0.5, 0.6) is 0 Å². The second-order valence-electron chi connectivity index (χ2n) is 7.36. The summed E-state index contributed by atoms with van der Waals surface area (Å²) in [5, 5.41) is 1.09. The number of rotatable bonds is 7. The summed E-state index contributed by atoms with van der Waals surface area (Å²) in [4.78, 5) is 11.8. The van der Waals surface area contributed by atoms with Gasteiger partial charge in [-0.15, -0.1) is 11.3 Å². The predicted octanol–water partition coefficient (Wildman–Crippen LogP) is 4.50. The molecule has 0 radical (unpaired) electrons. The Hall–Kier alpha value is -2.03. The first-order valence-corrected chi connectivity index (χ1v) is 12.4. The van der Waals surface area contributed by atoms with Crippen molar-refractivity contribution in [1.29, 1.82) is 0 Å². The number of thiazole rings is 1. The van der Waals surface area contributed by atoms with Crippen LogP contribution < -0.4 is 9.62 Å². The van der Waals surface area contributed by atoms with Gasteiger partial charge in [0.15, 0.2) is 0 Å². The van der Waals surface area contributed by atoms with Crippen molar-refractivity contribution in [2.45, 2.75) is 56.5 Å². The molecule has 6 nitrogen and oxygen atoms in total. The van der Waals surface area contributed by atoms with Gasteiger partial charge in [-0.05, 0) is 49.9 Å². The number of fused-ring (bicyclic) bond motifs is 1. The van der Waals surface area contributed by atoms with Gasteiger partial charge in [-0.1, -0.05) is 26.0 Å². The van der Waals surface area contributed by atoms with Crippen LogP contribution in [-0.2, 0) is 10.0 Å². The zero-order chi connectivity index (χ0) is 20.4. The maximum absolute atomic E-state index is 12.6. The number of pyridine rings is 1. The molecule has 1 atom stereocenters. The summed E-state index contributed by atoms with van der Waals surface area (Å²) in [6, 6.07) is 11.8. The summed E-state index contributed by atoms with van der Waals surface area (Å²) in [5.74, 6) is 0.799. The number of aromatic nitrogens is 2. The number of benzene rings is 1. The van der Waals surface area contributed by atoms with Crippen LogP contribution in [0.3, 0.4) is 0 Å². The van der Waals surface area contributed by atoms with Crippen LogP contribution in [0.4, 0.5) is 5.82 Å². The Morgan fingerprint density at radius 3 is 2.69 bits per heavy atom. The lowest BCUT2D eigenvalue weighted by Gasteiger charge is -2.24. The number of para-hydroxylation sites is 1. The molecule has 0 amide bonds. The van der Waals surface area contributed by atoms with Crippen LogP contribution in [0.2, 0.25) is 0 Å². The van der Waals surface area contributed by atoms with Crippen LogP contribution >= 0.6 is 11.3 Å². The Morgan fingerprint density at radius 1 is 1.21 bits per heavy atom. The maximum atomic E-state index is 12.6. The minimum atomic E-state index is -3.55. The molecule has 1 saturated heterocycles. The van der Waals surface area contributed by atoms with E-state index in [-0.39, 0.29) is 17.0 Å². The summed E-state index contributed by atoms with van der Waals surface area (Å²) in [6.07, 6.45) is 5.09. The molecule has 3 aromatic rings. The summed E-state index contributed by atoms with van der Waals surface area (Å²) >= 11 is 1.73. The van der Waals surface area contributed by atoms with Crippen LogP contribution in [0.1, 0.15) is 50.6 Å². The van der Waals surface area contributed by atoms with E-state index in [1.54, 1.807) is 17.4 Å². The van der Waals surface area contributed by atoms with Gasteiger partial charge < -0.3 is 4.90 Å². The first kappa shape index (κ1) is 20.3. The van der Waals surface area contributed by atoms with E-state index in [1.807, 2.05) is 38.1 Å². The second kappa shape index (κ2) is 8.38. The van der Waals surface area contributed by atoms with Crippen LogP contribution in [0.25, 0.3) is 10.2 Å². The van der Waals surface area contributed by atoms with Crippen molar-refractivity contribution in [2.75, 3.05) is 11.4 Å². The molecule has 0 saturated carbocycles. The van der Waals surface area contributed by atoms with Gasteiger partial charge in [0.2, 0.25) is 10.0 Å². The van der Waals surface area contributed by atoms with Crippen molar-refractivity contribution < 1.29 is 8.42 Å². The minimum absolute atomic E-state index is 0.0540. The molecule has 1 aliphatic heterocycles. The lowest BCUT2D eigenvalue weighted by Crippen LogP contribution is -2.34. The van der Waals surface area contributed by atoms with Crippen molar-refractivity contribution in [3.63, 3.8) is 0 Å². The molecule has 4 rings (SSSR count). The Balaban J connectivity index is 1.56. The van der Waals surface area contributed by atoms with Gasteiger partial charge in [-0.3, -0.25) is 0 Å². The van der Waals surface area contributed by atoms with Gasteiger partial charge in [0.25, 0.3) is 0 Å². The smallest absolute Gasteiger partial charge is 0.242 e. The van der Waals surface area contributed by atoms with Crippen molar-refractivity contribution >= 4 is 37.4 Å². The van der Waals surface area contributed by atoms with Gasteiger partial charge in [0.05, 0.1) is 16.3 Å². The van der Waals surface area contributed by atoms with E-state index in [9.17, 15) is 8.42 Å². The molecule has 0 bridgehead atoms. The molecule has 1 N–H and O–H groups in total. The van der Waals surface area contributed by atoms with E-state index in [0.717, 1.165) is 48.6 Å². The van der Waals surface area contributed by atoms with E-state index < -0.39 is 10.0 Å². The summed E-state index contributed by atoms with van der Waals surface area (Å²) in [5.41, 5.74) is 1.03. The standard InChI is InChI=1S/C21H26N4O2S2/c1-3-15(4-2)24-29(26,27)16-11-12-20(22-14-16)25-13-7-9-18(25)21-23-17-8-5-6-10-19(17)28-21/h5-6,8,10-12,14-15,18,24H,3-4,7,9,13H2,1-2H3. The van der Waals surface area contributed by atoms with Gasteiger partial charge in [0, 0.05) is 18.8 Å². The van der Waals surface area contributed by atoms with Gasteiger partial charge in [0.1, 0.15) is 15.7 Å². The minimum Gasteiger partial charge on any atom is -0.347 e. The molecule has 29 heavy (non-hydrogen) atoms. The highest BCUT2D eigenvalue weighted by molar-refractivity contribution is 7.89. The van der Waals surface area contributed by atoms with Crippen LogP contribution in [-0.4, -0.2) is 31.0 Å². The largest absolute Gasteiger partial charge is 0.347 e. The van der Waals surface area contributed by atoms with Crippen LogP contribution in [0, 0.1) is 0 Å². The molecule has 3 heterocycles. The molecule has 0 spiro atoms. The van der Waals surface area contributed by atoms with Gasteiger partial charge in [-0.2, -0.15) is 0 Å². The highest BCUT2D eigenvalue weighted by atomic mass is 32.2. The Labute approximate surface area is 176 Å². The first-order valence-electron chi connectivity index (χ1n) is 10.1. The fraction of sp³-hybridized carbons (Fsp3) is 0.429. The van der Waals surface area contributed by atoms with E-state index in [1.165, 1.54) is 10.9 Å². The topological polar surface area (TPSA) is 75.2 Å². The number of hydrogen-bond donors (Lipinski definition) is 1. The molecule has 154 valence electrons. The Bertz CT molecular complexity index is 1040. The Morgan fingerprint density at radius 2 is 2.00 bits per heavy atom. The fourth-order valence-electron chi connectivity index (χ4n) is 3.77. The average Bonchev–Trinajstić information content (AvgIpc) is 3.38. The zero-order valence-corrected chi connectivity index (χ0v) is 18.3. The van der Waals surface area contributed by atoms with Crippen molar-refractivity contribution in [1.82, 2.24) is 14.7 Å². The molecular formula is C21H26N4O2S2. The quantitative estimate of drug-likeness (QED) is 0.597.